The molecule has 0 atom stereocenters. The van der Waals surface area contributed by atoms with Crippen LogP contribution in [-0.4, -0.2) is 36.8 Å². The van der Waals surface area contributed by atoms with Gasteiger partial charge in [0.05, 0.1) is 20.6 Å². The molecular weight excluding hydrogens is 260 g/mol. The number of rotatable bonds is 6. The number of pyridine rings is 1. The fourth-order valence-corrected chi connectivity index (χ4v) is 1.93. The van der Waals surface area contributed by atoms with Gasteiger partial charge in [0.1, 0.15) is 5.82 Å². The molecule has 0 spiro atoms. The number of nitrogens with zero attached hydrogens (tertiary/aromatic N) is 1. The molecule has 106 valence electrons. The lowest BCUT2D eigenvalue weighted by atomic mass is 10.1. The predicted molar refractivity (Wildman–Crippen MR) is 75.6 cm³/mol. The van der Waals surface area contributed by atoms with Crippen LogP contribution in [0.25, 0.3) is 10.8 Å². The molecule has 0 amide bonds. The number of aliphatic carboxylic acids is 1. The second-order valence-corrected chi connectivity index (χ2v) is 4.16. The number of carbonyl (C=O) groups is 1. The van der Waals surface area contributed by atoms with Crippen molar-refractivity contribution < 1.29 is 19.4 Å². The normalized spacial score (nSPS) is 10.3. The van der Waals surface area contributed by atoms with Gasteiger partial charge >= 0.3 is 5.97 Å². The molecule has 0 bridgehead atoms. The molecule has 0 aliphatic rings. The lowest BCUT2D eigenvalue weighted by Gasteiger charge is -2.12. The molecule has 6 heteroatoms. The zero-order valence-electron chi connectivity index (χ0n) is 11.3. The minimum absolute atomic E-state index is 0.0331. The molecule has 1 heterocycles. The van der Waals surface area contributed by atoms with Gasteiger partial charge in [0, 0.05) is 18.1 Å². The van der Waals surface area contributed by atoms with Crippen molar-refractivity contribution in [3.05, 3.63) is 24.4 Å². The molecule has 2 aromatic rings. The summed E-state index contributed by atoms with van der Waals surface area (Å²) < 4.78 is 10.5. The van der Waals surface area contributed by atoms with Gasteiger partial charge in [0.25, 0.3) is 0 Å². The van der Waals surface area contributed by atoms with Gasteiger partial charge < -0.3 is 19.9 Å². The molecule has 0 aliphatic carbocycles. The molecule has 0 aliphatic heterocycles. The zero-order chi connectivity index (χ0) is 14.5. The van der Waals surface area contributed by atoms with Crippen molar-refractivity contribution >= 4 is 22.6 Å². The fraction of sp³-hybridized carbons (Fsp3) is 0.286. The van der Waals surface area contributed by atoms with Gasteiger partial charge in [-0.2, -0.15) is 0 Å². The highest BCUT2D eigenvalue weighted by molar-refractivity contribution is 5.94. The molecule has 20 heavy (non-hydrogen) atoms. The highest BCUT2D eigenvalue weighted by Crippen LogP contribution is 2.34. The van der Waals surface area contributed by atoms with E-state index in [0.717, 1.165) is 10.8 Å². The van der Waals surface area contributed by atoms with E-state index in [1.807, 2.05) is 18.2 Å². The Bertz CT molecular complexity index is 628. The molecule has 0 radical (unpaired) electrons. The first-order valence-electron chi connectivity index (χ1n) is 6.12. The number of carboxylic acids is 1. The maximum Gasteiger partial charge on any atom is 0.305 e. The first-order valence-corrected chi connectivity index (χ1v) is 6.12. The Balaban J connectivity index is 2.37. The smallest absolute Gasteiger partial charge is 0.305 e. The Hall–Kier alpha value is -2.50. The number of anilines is 1. The van der Waals surface area contributed by atoms with Crippen LogP contribution in [0.15, 0.2) is 24.4 Å². The van der Waals surface area contributed by atoms with E-state index in [9.17, 15) is 4.79 Å². The standard InChI is InChI=1S/C14H16N2O4/c1-19-11-7-9-3-5-15-14(16-6-4-13(17)18)10(9)8-12(11)20-2/h3,5,7-8H,4,6H2,1-2H3,(H,15,16)(H,17,18). The minimum Gasteiger partial charge on any atom is -0.493 e. The Morgan fingerprint density at radius 3 is 2.65 bits per heavy atom. The first-order chi connectivity index (χ1) is 9.65. The molecule has 2 N–H and O–H groups in total. The molecule has 0 saturated heterocycles. The van der Waals surface area contributed by atoms with Crippen LogP contribution < -0.4 is 14.8 Å². The lowest BCUT2D eigenvalue weighted by molar-refractivity contribution is -0.136. The average Bonchev–Trinajstić information content (AvgIpc) is 2.45. The van der Waals surface area contributed by atoms with Gasteiger partial charge in [-0.05, 0) is 23.6 Å². The topological polar surface area (TPSA) is 80.7 Å². The number of fused-ring (bicyclic) bond motifs is 1. The van der Waals surface area contributed by atoms with E-state index in [1.165, 1.54) is 0 Å². The van der Waals surface area contributed by atoms with Crippen LogP contribution in [0, 0.1) is 0 Å². The first kappa shape index (κ1) is 13.9. The number of methoxy groups -OCH3 is 2. The maximum atomic E-state index is 10.5. The summed E-state index contributed by atoms with van der Waals surface area (Å²) in [6, 6.07) is 5.54. The SMILES string of the molecule is COc1cc2ccnc(NCCC(=O)O)c2cc1OC. The molecule has 1 aromatic carbocycles. The lowest BCUT2D eigenvalue weighted by Crippen LogP contribution is -2.08. The molecule has 6 nitrogen and oxygen atoms in total. The van der Waals surface area contributed by atoms with Crippen molar-refractivity contribution in [2.45, 2.75) is 6.42 Å². The third-order valence-electron chi connectivity index (χ3n) is 2.90. The van der Waals surface area contributed by atoms with Crippen molar-refractivity contribution in [1.82, 2.24) is 4.98 Å². The van der Waals surface area contributed by atoms with Crippen molar-refractivity contribution in [3.8, 4) is 11.5 Å². The second-order valence-electron chi connectivity index (χ2n) is 4.16. The summed E-state index contributed by atoms with van der Waals surface area (Å²) in [6.07, 6.45) is 1.70. The van der Waals surface area contributed by atoms with Crippen molar-refractivity contribution in [2.75, 3.05) is 26.1 Å². The van der Waals surface area contributed by atoms with Crippen LogP contribution in [0.5, 0.6) is 11.5 Å². The van der Waals surface area contributed by atoms with Crippen LogP contribution in [0.4, 0.5) is 5.82 Å². The largest absolute Gasteiger partial charge is 0.493 e. The third-order valence-corrected chi connectivity index (χ3v) is 2.90. The van der Waals surface area contributed by atoms with Gasteiger partial charge in [-0.1, -0.05) is 0 Å². The van der Waals surface area contributed by atoms with Crippen molar-refractivity contribution in [3.63, 3.8) is 0 Å². The average molecular weight is 276 g/mol. The van der Waals surface area contributed by atoms with E-state index in [2.05, 4.69) is 10.3 Å². The summed E-state index contributed by atoms with van der Waals surface area (Å²) in [5, 5.41) is 13.5. The van der Waals surface area contributed by atoms with Gasteiger partial charge in [0.15, 0.2) is 11.5 Å². The maximum absolute atomic E-state index is 10.5. The Labute approximate surface area is 116 Å². The molecular formula is C14H16N2O4. The van der Waals surface area contributed by atoms with E-state index in [4.69, 9.17) is 14.6 Å². The fourth-order valence-electron chi connectivity index (χ4n) is 1.93. The number of hydrogen-bond acceptors (Lipinski definition) is 5. The van der Waals surface area contributed by atoms with E-state index >= 15 is 0 Å². The molecule has 2 rings (SSSR count). The van der Waals surface area contributed by atoms with Crippen molar-refractivity contribution in [2.24, 2.45) is 0 Å². The summed E-state index contributed by atoms with van der Waals surface area (Å²) in [5.74, 6) is 1.03. The van der Waals surface area contributed by atoms with Gasteiger partial charge in [-0.3, -0.25) is 4.79 Å². The van der Waals surface area contributed by atoms with Gasteiger partial charge in [-0.15, -0.1) is 0 Å². The van der Waals surface area contributed by atoms with Gasteiger partial charge in [0.2, 0.25) is 0 Å². The van der Waals surface area contributed by atoms with E-state index in [1.54, 1.807) is 20.4 Å². The molecule has 0 saturated carbocycles. The Kier molecular flexibility index (Phi) is 4.24. The number of carboxylic acid groups (broad SMARTS) is 1. The Morgan fingerprint density at radius 2 is 2.00 bits per heavy atom. The van der Waals surface area contributed by atoms with Crippen molar-refractivity contribution in [1.29, 1.82) is 0 Å². The number of hydrogen-bond donors (Lipinski definition) is 2. The minimum atomic E-state index is -0.850. The summed E-state index contributed by atoms with van der Waals surface area (Å²) in [5.41, 5.74) is 0. The Morgan fingerprint density at radius 1 is 1.30 bits per heavy atom. The van der Waals surface area contributed by atoms with Crippen LogP contribution >= 0.6 is 0 Å². The predicted octanol–water partition coefficient (Wildman–Crippen LogP) is 2.14. The monoisotopic (exact) mass is 276 g/mol. The second kappa shape index (κ2) is 6.10. The van der Waals surface area contributed by atoms with Crippen LogP contribution in [0.2, 0.25) is 0 Å². The van der Waals surface area contributed by atoms with Crippen LogP contribution in [0.1, 0.15) is 6.42 Å². The molecule has 0 unspecified atom stereocenters. The van der Waals surface area contributed by atoms with Gasteiger partial charge in [-0.25, -0.2) is 4.98 Å². The summed E-state index contributed by atoms with van der Waals surface area (Å²) in [6.45, 7) is 0.315. The molecule has 0 fully saturated rings. The van der Waals surface area contributed by atoms with Crippen LogP contribution in [0.3, 0.4) is 0 Å². The van der Waals surface area contributed by atoms with E-state index in [0.29, 0.717) is 23.9 Å². The number of nitrogens with one attached hydrogen (secondary N) is 1. The quantitative estimate of drug-likeness (QED) is 0.841. The highest BCUT2D eigenvalue weighted by Gasteiger charge is 2.09. The number of benzene rings is 1. The van der Waals surface area contributed by atoms with E-state index < -0.39 is 5.97 Å². The molecule has 1 aromatic heterocycles. The van der Waals surface area contributed by atoms with Crippen LogP contribution in [-0.2, 0) is 4.79 Å². The number of aromatic nitrogens is 1. The number of ether oxygens (including phenoxy) is 2. The summed E-state index contributed by atoms with van der Waals surface area (Å²) in [4.78, 5) is 14.8. The van der Waals surface area contributed by atoms with E-state index in [-0.39, 0.29) is 6.42 Å². The third kappa shape index (κ3) is 2.90. The zero-order valence-corrected chi connectivity index (χ0v) is 11.3. The highest BCUT2D eigenvalue weighted by atomic mass is 16.5. The summed E-state index contributed by atoms with van der Waals surface area (Å²) in [7, 11) is 3.15. The summed E-state index contributed by atoms with van der Waals surface area (Å²) >= 11 is 0.